The average molecular weight is 263 g/mol. The van der Waals surface area contributed by atoms with E-state index in [1.54, 1.807) is 0 Å². The smallest absolute Gasteiger partial charge is 0.0297 e. The second kappa shape index (κ2) is 6.12. The SMILES string of the molecule is Cc1ccc(C)c(C(C)NC2CCCSC2C)c1. The summed E-state index contributed by atoms with van der Waals surface area (Å²) in [4.78, 5) is 0. The Bertz CT molecular complexity index is 402. The summed E-state index contributed by atoms with van der Waals surface area (Å²) in [5, 5.41) is 4.57. The first kappa shape index (κ1) is 14.0. The molecule has 1 nitrogen and oxygen atoms in total. The van der Waals surface area contributed by atoms with Crippen molar-refractivity contribution in [2.24, 2.45) is 0 Å². The maximum Gasteiger partial charge on any atom is 0.0297 e. The van der Waals surface area contributed by atoms with Crippen molar-refractivity contribution in [3.63, 3.8) is 0 Å². The van der Waals surface area contributed by atoms with E-state index in [1.807, 2.05) is 0 Å². The molecule has 0 saturated carbocycles. The normalized spacial score (nSPS) is 26.0. The van der Waals surface area contributed by atoms with Crippen LogP contribution in [0.3, 0.4) is 0 Å². The van der Waals surface area contributed by atoms with E-state index in [-0.39, 0.29) is 0 Å². The number of hydrogen-bond donors (Lipinski definition) is 1. The molecule has 0 aliphatic carbocycles. The Hall–Kier alpha value is -0.470. The van der Waals surface area contributed by atoms with Crippen LogP contribution in [0.5, 0.6) is 0 Å². The van der Waals surface area contributed by atoms with Gasteiger partial charge >= 0.3 is 0 Å². The van der Waals surface area contributed by atoms with Crippen LogP contribution >= 0.6 is 11.8 Å². The van der Waals surface area contributed by atoms with Gasteiger partial charge in [-0.05, 0) is 50.5 Å². The van der Waals surface area contributed by atoms with E-state index in [0.717, 1.165) is 5.25 Å². The molecule has 0 amide bonds. The zero-order valence-corrected chi connectivity index (χ0v) is 12.8. The quantitative estimate of drug-likeness (QED) is 0.875. The molecule has 18 heavy (non-hydrogen) atoms. The van der Waals surface area contributed by atoms with Gasteiger partial charge in [0.1, 0.15) is 0 Å². The van der Waals surface area contributed by atoms with Crippen molar-refractivity contribution < 1.29 is 0 Å². The third-order valence-corrected chi connectivity index (χ3v) is 5.35. The fourth-order valence-electron chi connectivity index (χ4n) is 2.78. The molecule has 100 valence electrons. The summed E-state index contributed by atoms with van der Waals surface area (Å²) in [6.45, 7) is 9.05. The predicted octanol–water partition coefficient (Wildman–Crippen LogP) is 4.24. The highest BCUT2D eigenvalue weighted by molar-refractivity contribution is 7.99. The second-order valence-corrected chi connectivity index (χ2v) is 7.06. The first-order valence-electron chi connectivity index (χ1n) is 7.02. The van der Waals surface area contributed by atoms with Crippen LogP contribution in [-0.2, 0) is 0 Å². The van der Waals surface area contributed by atoms with Crippen LogP contribution in [0.1, 0.15) is 49.4 Å². The summed E-state index contributed by atoms with van der Waals surface area (Å²) in [6.07, 6.45) is 2.68. The average Bonchev–Trinajstić information content (AvgIpc) is 2.35. The molecule has 0 radical (unpaired) electrons. The van der Waals surface area contributed by atoms with Crippen LogP contribution in [0, 0.1) is 13.8 Å². The first-order valence-corrected chi connectivity index (χ1v) is 8.07. The van der Waals surface area contributed by atoms with E-state index in [0.29, 0.717) is 12.1 Å². The molecule has 1 aliphatic heterocycles. The van der Waals surface area contributed by atoms with Crippen LogP contribution in [0.25, 0.3) is 0 Å². The Morgan fingerprint density at radius 2 is 2.11 bits per heavy atom. The third kappa shape index (κ3) is 3.30. The largest absolute Gasteiger partial charge is 0.306 e. The molecular weight excluding hydrogens is 238 g/mol. The van der Waals surface area contributed by atoms with Crippen LogP contribution in [-0.4, -0.2) is 17.0 Å². The third-order valence-electron chi connectivity index (χ3n) is 3.97. The molecule has 1 aromatic carbocycles. The molecule has 1 aromatic rings. The lowest BCUT2D eigenvalue weighted by molar-refractivity contribution is 0.416. The van der Waals surface area contributed by atoms with Gasteiger partial charge in [0.2, 0.25) is 0 Å². The molecule has 0 spiro atoms. The van der Waals surface area contributed by atoms with Gasteiger partial charge in [-0.2, -0.15) is 11.8 Å². The molecule has 2 rings (SSSR count). The first-order chi connectivity index (χ1) is 8.58. The fraction of sp³-hybridized carbons (Fsp3) is 0.625. The molecule has 1 fully saturated rings. The highest BCUT2D eigenvalue weighted by Crippen LogP contribution is 2.28. The second-order valence-electron chi connectivity index (χ2n) is 5.57. The van der Waals surface area contributed by atoms with Crippen LogP contribution < -0.4 is 5.32 Å². The van der Waals surface area contributed by atoms with Gasteiger partial charge in [0.15, 0.2) is 0 Å². The summed E-state index contributed by atoms with van der Waals surface area (Å²) in [7, 11) is 0. The minimum atomic E-state index is 0.455. The van der Waals surface area contributed by atoms with E-state index < -0.39 is 0 Å². The topological polar surface area (TPSA) is 12.0 Å². The number of benzene rings is 1. The Morgan fingerprint density at radius 3 is 2.83 bits per heavy atom. The van der Waals surface area contributed by atoms with Gasteiger partial charge in [-0.3, -0.25) is 0 Å². The minimum Gasteiger partial charge on any atom is -0.306 e. The number of thioether (sulfide) groups is 1. The van der Waals surface area contributed by atoms with Crippen molar-refractivity contribution in [1.82, 2.24) is 5.32 Å². The van der Waals surface area contributed by atoms with Crippen molar-refractivity contribution in [2.75, 3.05) is 5.75 Å². The number of aryl methyl sites for hydroxylation is 2. The van der Waals surface area contributed by atoms with Crippen molar-refractivity contribution in [3.05, 3.63) is 34.9 Å². The summed E-state index contributed by atoms with van der Waals surface area (Å²) < 4.78 is 0. The summed E-state index contributed by atoms with van der Waals surface area (Å²) >= 11 is 2.11. The van der Waals surface area contributed by atoms with E-state index in [4.69, 9.17) is 0 Å². The van der Waals surface area contributed by atoms with Gasteiger partial charge in [-0.25, -0.2) is 0 Å². The maximum atomic E-state index is 3.83. The Morgan fingerprint density at radius 1 is 1.33 bits per heavy atom. The van der Waals surface area contributed by atoms with Gasteiger partial charge in [-0.15, -0.1) is 0 Å². The molecule has 1 saturated heterocycles. The number of rotatable bonds is 3. The summed E-state index contributed by atoms with van der Waals surface area (Å²) in [6, 6.07) is 7.88. The van der Waals surface area contributed by atoms with Gasteiger partial charge in [-0.1, -0.05) is 30.7 Å². The molecule has 0 aromatic heterocycles. The van der Waals surface area contributed by atoms with Crippen molar-refractivity contribution in [2.45, 2.75) is 57.9 Å². The molecule has 1 heterocycles. The van der Waals surface area contributed by atoms with Crippen molar-refractivity contribution >= 4 is 11.8 Å². The van der Waals surface area contributed by atoms with Crippen molar-refractivity contribution in [3.8, 4) is 0 Å². The zero-order chi connectivity index (χ0) is 13.1. The lowest BCUT2D eigenvalue weighted by Crippen LogP contribution is -2.40. The molecule has 1 N–H and O–H groups in total. The number of nitrogens with one attached hydrogen (secondary N) is 1. The van der Waals surface area contributed by atoms with E-state index >= 15 is 0 Å². The summed E-state index contributed by atoms with van der Waals surface area (Å²) in [5.41, 5.74) is 4.21. The van der Waals surface area contributed by atoms with Crippen LogP contribution in [0.15, 0.2) is 18.2 Å². The van der Waals surface area contributed by atoms with Gasteiger partial charge < -0.3 is 5.32 Å². The van der Waals surface area contributed by atoms with Gasteiger partial charge in [0.05, 0.1) is 0 Å². The lowest BCUT2D eigenvalue weighted by Gasteiger charge is -2.32. The van der Waals surface area contributed by atoms with E-state index in [9.17, 15) is 0 Å². The number of hydrogen-bond acceptors (Lipinski definition) is 2. The van der Waals surface area contributed by atoms with Crippen LogP contribution in [0.2, 0.25) is 0 Å². The maximum absolute atomic E-state index is 3.83. The molecule has 3 unspecified atom stereocenters. The molecule has 0 bridgehead atoms. The van der Waals surface area contributed by atoms with Gasteiger partial charge in [0.25, 0.3) is 0 Å². The Balaban J connectivity index is 2.06. The highest BCUT2D eigenvalue weighted by Gasteiger charge is 2.23. The van der Waals surface area contributed by atoms with E-state index in [2.05, 4.69) is 63.0 Å². The highest BCUT2D eigenvalue weighted by atomic mass is 32.2. The standard InChI is InChI=1S/C16H25NS/c1-11-7-8-12(2)15(10-11)13(3)17-16-6-5-9-18-14(16)4/h7-8,10,13-14,16-17H,5-6,9H2,1-4H3. The molecule has 3 atom stereocenters. The van der Waals surface area contributed by atoms with Gasteiger partial charge in [0, 0.05) is 17.3 Å². The zero-order valence-electron chi connectivity index (χ0n) is 12.0. The van der Waals surface area contributed by atoms with Crippen LogP contribution in [0.4, 0.5) is 0 Å². The molecular formula is C16H25NS. The minimum absolute atomic E-state index is 0.455. The monoisotopic (exact) mass is 263 g/mol. The lowest BCUT2D eigenvalue weighted by atomic mass is 9.98. The molecule has 2 heteroatoms. The summed E-state index contributed by atoms with van der Waals surface area (Å²) in [5.74, 6) is 1.33. The Labute approximate surface area is 116 Å². The van der Waals surface area contributed by atoms with E-state index in [1.165, 1.54) is 35.3 Å². The Kier molecular flexibility index (Phi) is 4.74. The van der Waals surface area contributed by atoms with Crippen molar-refractivity contribution in [1.29, 1.82) is 0 Å². The predicted molar refractivity (Wildman–Crippen MR) is 82.4 cm³/mol. The fourth-order valence-corrected chi connectivity index (χ4v) is 3.93. The molecule has 1 aliphatic rings.